The van der Waals surface area contributed by atoms with Gasteiger partial charge in [-0.15, -0.1) is 0 Å². The predicted molar refractivity (Wildman–Crippen MR) is 112 cm³/mol. The van der Waals surface area contributed by atoms with Crippen LogP contribution in [-0.4, -0.2) is 45.8 Å². The lowest BCUT2D eigenvalue weighted by Crippen LogP contribution is -2.30. The van der Waals surface area contributed by atoms with Crippen molar-refractivity contribution in [3.8, 4) is 0 Å². The average molecular weight is 442 g/mol. The fraction of sp³-hybridized carbons (Fsp3) is 0.100. The first-order valence-corrected chi connectivity index (χ1v) is 8.91. The van der Waals surface area contributed by atoms with E-state index < -0.39 is 35.6 Å². The fourth-order valence-corrected chi connectivity index (χ4v) is 2.52. The second-order valence-electron chi connectivity index (χ2n) is 6.38. The van der Waals surface area contributed by atoms with Crippen molar-refractivity contribution in [2.24, 2.45) is 0 Å². The summed E-state index contributed by atoms with van der Waals surface area (Å²) in [5.74, 6) is -8.02. The van der Waals surface area contributed by atoms with E-state index >= 15 is 0 Å². The molecule has 0 aliphatic rings. The van der Waals surface area contributed by atoms with Crippen molar-refractivity contribution < 1.29 is 39.0 Å². The van der Waals surface area contributed by atoms with Gasteiger partial charge in [-0.1, -0.05) is 12.1 Å². The Bertz CT molecular complexity index is 1050. The van der Waals surface area contributed by atoms with Crippen LogP contribution >= 0.6 is 0 Å². The van der Waals surface area contributed by atoms with E-state index in [9.17, 15) is 28.8 Å². The summed E-state index contributed by atoms with van der Waals surface area (Å²) in [6.45, 7) is 3.01. The standard InChI is InChI=1S/C20H18N4O8/c1-9-11(5-3-7-13(9)23-17(27)19(29)30)21-15(25)16(26)22-12-6-4-8-14(10(12)2)24-18(28)20(31)32/h3-8H,1-2H3,(H,21,25)(H,22,26)(H,23,27)(H,24,28)(H,29,30)(H,31,32). The van der Waals surface area contributed by atoms with Gasteiger partial charge in [0.1, 0.15) is 0 Å². The average Bonchev–Trinajstić information content (AvgIpc) is 2.73. The quantitative estimate of drug-likeness (QED) is 0.377. The van der Waals surface area contributed by atoms with Gasteiger partial charge in [-0.25, -0.2) is 9.59 Å². The van der Waals surface area contributed by atoms with E-state index in [2.05, 4.69) is 21.3 Å². The first kappa shape index (κ1) is 23.5. The number of carbonyl (C=O) groups excluding carboxylic acids is 4. The predicted octanol–water partition coefficient (Wildman–Crippen LogP) is 0.927. The van der Waals surface area contributed by atoms with E-state index in [0.29, 0.717) is 11.1 Å². The molecule has 0 bridgehead atoms. The maximum absolute atomic E-state index is 12.3. The number of anilines is 4. The van der Waals surface area contributed by atoms with Gasteiger partial charge in [0.05, 0.1) is 0 Å². The Labute approximate surface area is 180 Å². The Hall–Kier alpha value is -4.74. The van der Waals surface area contributed by atoms with Crippen LogP contribution in [-0.2, 0) is 28.8 Å². The minimum atomic E-state index is -1.68. The molecule has 0 unspecified atom stereocenters. The molecule has 0 radical (unpaired) electrons. The molecule has 0 spiro atoms. The van der Waals surface area contributed by atoms with Gasteiger partial charge in [0.2, 0.25) is 0 Å². The number of nitrogens with one attached hydrogen (secondary N) is 4. The lowest BCUT2D eigenvalue weighted by atomic mass is 10.1. The van der Waals surface area contributed by atoms with Crippen molar-refractivity contribution in [1.82, 2.24) is 0 Å². The molecule has 2 rings (SSSR count). The second-order valence-corrected chi connectivity index (χ2v) is 6.38. The van der Waals surface area contributed by atoms with Crippen LogP contribution in [0, 0.1) is 13.8 Å². The van der Waals surface area contributed by atoms with Crippen molar-refractivity contribution in [3.05, 3.63) is 47.5 Å². The number of hydrogen-bond donors (Lipinski definition) is 6. The zero-order chi connectivity index (χ0) is 24.0. The van der Waals surface area contributed by atoms with Gasteiger partial charge in [0.15, 0.2) is 0 Å². The normalized spacial score (nSPS) is 9.94. The SMILES string of the molecule is Cc1c(NC(=O)C(=O)O)cccc1NC(=O)C(=O)Nc1cccc(NC(=O)C(=O)O)c1C. The molecule has 0 saturated heterocycles. The smallest absolute Gasteiger partial charge is 0.394 e. The summed E-state index contributed by atoms with van der Waals surface area (Å²) >= 11 is 0. The molecule has 6 N–H and O–H groups in total. The minimum Gasteiger partial charge on any atom is -0.474 e. The molecule has 2 aromatic rings. The molecule has 0 fully saturated rings. The summed E-state index contributed by atoms with van der Waals surface area (Å²) in [5, 5.41) is 26.4. The molecule has 0 atom stereocenters. The van der Waals surface area contributed by atoms with Crippen LogP contribution in [0.25, 0.3) is 0 Å². The third-order valence-electron chi connectivity index (χ3n) is 4.26. The first-order valence-electron chi connectivity index (χ1n) is 8.91. The van der Waals surface area contributed by atoms with Gasteiger partial charge in [-0.05, 0) is 49.2 Å². The zero-order valence-electron chi connectivity index (χ0n) is 16.8. The first-order chi connectivity index (χ1) is 15.0. The summed E-state index contributed by atoms with van der Waals surface area (Å²) in [6.07, 6.45) is 0. The lowest BCUT2D eigenvalue weighted by Gasteiger charge is -2.14. The highest BCUT2D eigenvalue weighted by Gasteiger charge is 2.19. The van der Waals surface area contributed by atoms with Gasteiger partial charge >= 0.3 is 35.6 Å². The van der Waals surface area contributed by atoms with Gasteiger partial charge in [0, 0.05) is 22.7 Å². The molecular formula is C20H18N4O8. The van der Waals surface area contributed by atoms with Crippen LogP contribution in [0.4, 0.5) is 22.7 Å². The molecular weight excluding hydrogens is 424 g/mol. The maximum Gasteiger partial charge on any atom is 0.394 e. The van der Waals surface area contributed by atoms with E-state index in [1.54, 1.807) is 0 Å². The number of carboxylic acids is 2. The largest absolute Gasteiger partial charge is 0.474 e. The molecule has 0 aromatic heterocycles. The number of hydrogen-bond acceptors (Lipinski definition) is 6. The van der Waals surface area contributed by atoms with Crippen molar-refractivity contribution in [3.63, 3.8) is 0 Å². The third-order valence-corrected chi connectivity index (χ3v) is 4.26. The molecule has 0 aliphatic carbocycles. The molecule has 2 aromatic carbocycles. The van der Waals surface area contributed by atoms with Gasteiger partial charge in [-0.2, -0.15) is 0 Å². The van der Waals surface area contributed by atoms with E-state index in [1.807, 2.05) is 0 Å². The summed E-state index contributed by atoms with van der Waals surface area (Å²) in [4.78, 5) is 68.7. The summed E-state index contributed by atoms with van der Waals surface area (Å²) in [6, 6.07) is 8.63. The Morgan fingerprint density at radius 3 is 1.03 bits per heavy atom. The highest BCUT2D eigenvalue weighted by Crippen LogP contribution is 2.25. The maximum atomic E-state index is 12.3. The van der Waals surface area contributed by atoms with Gasteiger partial charge in [0.25, 0.3) is 0 Å². The molecule has 4 amide bonds. The van der Waals surface area contributed by atoms with E-state index in [0.717, 1.165) is 0 Å². The Morgan fingerprint density at radius 1 is 0.531 bits per heavy atom. The highest BCUT2D eigenvalue weighted by atomic mass is 16.4. The summed E-state index contributed by atoms with van der Waals surface area (Å²) in [7, 11) is 0. The van der Waals surface area contributed by atoms with E-state index in [1.165, 1.54) is 50.2 Å². The second kappa shape index (κ2) is 9.84. The molecule has 12 heteroatoms. The van der Waals surface area contributed by atoms with E-state index in [-0.39, 0.29) is 22.7 Å². The molecule has 166 valence electrons. The minimum absolute atomic E-state index is 0.133. The monoisotopic (exact) mass is 442 g/mol. The Kier molecular flexibility index (Phi) is 7.24. The topological polar surface area (TPSA) is 191 Å². The van der Waals surface area contributed by atoms with Crippen molar-refractivity contribution >= 4 is 58.3 Å². The third kappa shape index (κ3) is 5.66. The van der Waals surface area contributed by atoms with Crippen molar-refractivity contribution in [2.75, 3.05) is 21.3 Å². The molecule has 32 heavy (non-hydrogen) atoms. The number of aliphatic carboxylic acids is 2. The lowest BCUT2D eigenvalue weighted by molar-refractivity contribution is -0.147. The molecule has 12 nitrogen and oxygen atoms in total. The Morgan fingerprint density at radius 2 is 0.781 bits per heavy atom. The Balaban J connectivity index is 2.14. The number of rotatable bonds is 4. The number of amides is 4. The van der Waals surface area contributed by atoms with Gasteiger partial charge in [-0.3, -0.25) is 19.2 Å². The molecule has 0 saturated carbocycles. The van der Waals surface area contributed by atoms with Crippen LogP contribution < -0.4 is 21.3 Å². The van der Waals surface area contributed by atoms with Crippen LogP contribution in [0.15, 0.2) is 36.4 Å². The highest BCUT2D eigenvalue weighted by molar-refractivity contribution is 6.44. The summed E-state index contributed by atoms with van der Waals surface area (Å²) in [5.41, 5.74) is 1.22. The van der Waals surface area contributed by atoms with Crippen molar-refractivity contribution in [2.45, 2.75) is 13.8 Å². The van der Waals surface area contributed by atoms with Crippen LogP contribution in [0.3, 0.4) is 0 Å². The molecule has 0 aliphatic heterocycles. The van der Waals surface area contributed by atoms with Crippen LogP contribution in [0.1, 0.15) is 11.1 Å². The van der Waals surface area contributed by atoms with Gasteiger partial charge < -0.3 is 31.5 Å². The van der Waals surface area contributed by atoms with Crippen molar-refractivity contribution in [1.29, 1.82) is 0 Å². The van der Waals surface area contributed by atoms with Crippen LogP contribution in [0.2, 0.25) is 0 Å². The zero-order valence-corrected chi connectivity index (χ0v) is 16.8. The van der Waals surface area contributed by atoms with E-state index in [4.69, 9.17) is 10.2 Å². The fourth-order valence-electron chi connectivity index (χ4n) is 2.52. The van der Waals surface area contributed by atoms with Crippen LogP contribution in [0.5, 0.6) is 0 Å². The number of carboxylic acid groups (broad SMARTS) is 2. The summed E-state index contributed by atoms with van der Waals surface area (Å²) < 4.78 is 0. The molecule has 0 heterocycles. The number of benzene rings is 2. The number of carbonyl (C=O) groups is 6.